The number of carbonyl (C=O) groups is 1. The molecule has 1 amide bonds. The standard InChI is InChI=1S/C29H36N2O2/c1-7-31(19-21-10-14-30-15-11-21)27(32)26-9-8-23(33-26)17-22-18-25-24(16-20(22)2)28(3,4)12-13-29(25,5)6/h8-11,14-16,18H,7,12-13,17,19H2,1-6H3. The van der Waals surface area contributed by atoms with Crippen molar-refractivity contribution in [1.29, 1.82) is 0 Å². The van der Waals surface area contributed by atoms with Gasteiger partial charge in [-0.1, -0.05) is 39.8 Å². The fraction of sp³-hybridized carbons (Fsp3) is 0.448. The molecule has 2 aromatic heterocycles. The molecule has 0 bridgehead atoms. The molecule has 0 atom stereocenters. The lowest BCUT2D eigenvalue weighted by Crippen LogP contribution is -2.34. The van der Waals surface area contributed by atoms with Gasteiger partial charge >= 0.3 is 0 Å². The fourth-order valence-electron chi connectivity index (χ4n) is 4.92. The zero-order chi connectivity index (χ0) is 23.8. The van der Waals surface area contributed by atoms with Crippen LogP contribution in [0.15, 0.2) is 53.2 Å². The molecule has 0 aliphatic heterocycles. The van der Waals surface area contributed by atoms with E-state index in [9.17, 15) is 4.79 Å². The van der Waals surface area contributed by atoms with Crippen molar-refractivity contribution in [1.82, 2.24) is 9.88 Å². The number of furan rings is 1. The molecular formula is C29H36N2O2. The quantitative estimate of drug-likeness (QED) is 0.431. The molecule has 0 saturated carbocycles. The third-order valence-electron chi connectivity index (χ3n) is 7.34. The molecule has 0 N–H and O–H groups in total. The van der Waals surface area contributed by atoms with Gasteiger partial charge in [0, 0.05) is 31.9 Å². The molecule has 0 unspecified atom stereocenters. The number of fused-ring (bicyclic) bond motifs is 1. The Morgan fingerprint density at radius 1 is 1.00 bits per heavy atom. The van der Waals surface area contributed by atoms with E-state index in [0.29, 0.717) is 25.3 Å². The van der Waals surface area contributed by atoms with Crippen LogP contribution in [0, 0.1) is 6.92 Å². The molecule has 3 aromatic rings. The number of amides is 1. The van der Waals surface area contributed by atoms with Gasteiger partial charge in [0.15, 0.2) is 5.76 Å². The Bertz CT molecular complexity index is 1140. The lowest BCUT2D eigenvalue weighted by Gasteiger charge is -2.42. The Kier molecular flexibility index (Phi) is 6.22. The molecule has 4 rings (SSSR count). The fourth-order valence-corrected chi connectivity index (χ4v) is 4.92. The van der Waals surface area contributed by atoms with Crippen LogP contribution in [-0.2, 0) is 23.8 Å². The first-order chi connectivity index (χ1) is 15.6. The molecule has 33 heavy (non-hydrogen) atoms. The maximum absolute atomic E-state index is 13.1. The van der Waals surface area contributed by atoms with E-state index in [1.54, 1.807) is 17.3 Å². The second-order valence-corrected chi connectivity index (χ2v) is 10.7. The van der Waals surface area contributed by atoms with E-state index in [-0.39, 0.29) is 16.7 Å². The smallest absolute Gasteiger partial charge is 0.289 e. The molecular weight excluding hydrogens is 408 g/mol. The molecule has 4 nitrogen and oxygen atoms in total. The van der Waals surface area contributed by atoms with Crippen LogP contribution in [0.4, 0.5) is 0 Å². The summed E-state index contributed by atoms with van der Waals surface area (Å²) in [6, 6.07) is 12.4. The molecule has 174 valence electrons. The van der Waals surface area contributed by atoms with Gasteiger partial charge in [0.2, 0.25) is 0 Å². The zero-order valence-corrected chi connectivity index (χ0v) is 20.9. The number of nitrogens with zero attached hydrogens (tertiary/aromatic N) is 2. The molecule has 0 fully saturated rings. The monoisotopic (exact) mass is 444 g/mol. The molecule has 0 saturated heterocycles. The Morgan fingerprint density at radius 2 is 1.64 bits per heavy atom. The predicted octanol–water partition coefficient (Wildman–Crippen LogP) is 6.59. The summed E-state index contributed by atoms with van der Waals surface area (Å²) in [7, 11) is 0. The highest BCUT2D eigenvalue weighted by Crippen LogP contribution is 2.46. The lowest BCUT2D eigenvalue weighted by atomic mass is 9.62. The molecule has 0 radical (unpaired) electrons. The van der Waals surface area contributed by atoms with E-state index in [1.807, 2.05) is 31.2 Å². The molecule has 2 heterocycles. The van der Waals surface area contributed by atoms with Gasteiger partial charge in [-0.15, -0.1) is 0 Å². The van der Waals surface area contributed by atoms with Crippen LogP contribution in [0.3, 0.4) is 0 Å². The van der Waals surface area contributed by atoms with Crippen molar-refractivity contribution in [3.63, 3.8) is 0 Å². The van der Waals surface area contributed by atoms with Crippen LogP contribution in [0.25, 0.3) is 0 Å². The van der Waals surface area contributed by atoms with Crippen LogP contribution in [0.5, 0.6) is 0 Å². The Hall–Kier alpha value is -2.88. The van der Waals surface area contributed by atoms with Gasteiger partial charge in [0.25, 0.3) is 5.91 Å². The van der Waals surface area contributed by atoms with E-state index in [4.69, 9.17) is 4.42 Å². The molecule has 1 aliphatic carbocycles. The van der Waals surface area contributed by atoms with Crippen LogP contribution >= 0.6 is 0 Å². The summed E-state index contributed by atoms with van der Waals surface area (Å²) in [6.07, 6.45) is 6.60. The predicted molar refractivity (Wildman–Crippen MR) is 133 cm³/mol. The third-order valence-corrected chi connectivity index (χ3v) is 7.34. The van der Waals surface area contributed by atoms with Crippen molar-refractivity contribution in [3.05, 3.63) is 88.1 Å². The van der Waals surface area contributed by atoms with E-state index < -0.39 is 0 Å². The third kappa shape index (κ3) is 4.75. The Balaban J connectivity index is 1.56. The summed E-state index contributed by atoms with van der Waals surface area (Å²) >= 11 is 0. The summed E-state index contributed by atoms with van der Waals surface area (Å²) in [4.78, 5) is 18.9. The number of hydrogen-bond donors (Lipinski definition) is 0. The number of pyridine rings is 1. The minimum absolute atomic E-state index is 0.0781. The summed E-state index contributed by atoms with van der Waals surface area (Å²) in [5.74, 6) is 1.15. The number of aryl methyl sites for hydroxylation is 1. The lowest BCUT2D eigenvalue weighted by molar-refractivity contribution is 0.0718. The van der Waals surface area contributed by atoms with Crippen molar-refractivity contribution < 1.29 is 9.21 Å². The average Bonchev–Trinajstić information content (AvgIpc) is 3.25. The van der Waals surface area contributed by atoms with Crippen LogP contribution < -0.4 is 0 Å². The maximum Gasteiger partial charge on any atom is 0.289 e. The molecule has 1 aliphatic rings. The normalized spacial score (nSPS) is 16.3. The van der Waals surface area contributed by atoms with Crippen molar-refractivity contribution in [2.45, 2.75) is 78.2 Å². The van der Waals surface area contributed by atoms with E-state index >= 15 is 0 Å². The van der Waals surface area contributed by atoms with Gasteiger partial charge in [-0.3, -0.25) is 9.78 Å². The number of carbonyl (C=O) groups excluding carboxylic acids is 1. The van der Waals surface area contributed by atoms with Gasteiger partial charge < -0.3 is 9.32 Å². The number of rotatable bonds is 6. The van der Waals surface area contributed by atoms with Gasteiger partial charge in [-0.25, -0.2) is 0 Å². The minimum Gasteiger partial charge on any atom is -0.456 e. The minimum atomic E-state index is -0.0781. The summed E-state index contributed by atoms with van der Waals surface area (Å²) in [5, 5.41) is 0. The Morgan fingerprint density at radius 3 is 2.27 bits per heavy atom. The SMILES string of the molecule is CCN(Cc1ccncc1)C(=O)c1ccc(Cc2cc3c(cc2C)C(C)(C)CCC3(C)C)o1. The van der Waals surface area contributed by atoms with Gasteiger partial charge in [-0.05, 0) is 89.6 Å². The largest absolute Gasteiger partial charge is 0.456 e. The first kappa shape index (κ1) is 23.3. The highest BCUT2D eigenvalue weighted by Gasteiger charge is 2.37. The zero-order valence-electron chi connectivity index (χ0n) is 20.9. The first-order valence-corrected chi connectivity index (χ1v) is 12.0. The highest BCUT2D eigenvalue weighted by molar-refractivity contribution is 5.91. The maximum atomic E-state index is 13.1. The van der Waals surface area contributed by atoms with Crippen LogP contribution in [0.2, 0.25) is 0 Å². The Labute approximate surface area is 198 Å². The van der Waals surface area contributed by atoms with E-state index in [1.165, 1.54) is 35.1 Å². The topological polar surface area (TPSA) is 46.3 Å². The highest BCUT2D eigenvalue weighted by atomic mass is 16.4. The summed E-state index contributed by atoms with van der Waals surface area (Å²) in [5.41, 5.74) is 6.93. The molecule has 4 heteroatoms. The average molecular weight is 445 g/mol. The van der Waals surface area contributed by atoms with Crippen molar-refractivity contribution in [2.24, 2.45) is 0 Å². The van der Waals surface area contributed by atoms with Crippen molar-refractivity contribution in [2.75, 3.05) is 6.54 Å². The summed E-state index contributed by atoms with van der Waals surface area (Å²) < 4.78 is 6.06. The molecule has 0 spiro atoms. The van der Waals surface area contributed by atoms with E-state index in [2.05, 4.69) is 51.7 Å². The van der Waals surface area contributed by atoms with Gasteiger partial charge in [0.1, 0.15) is 5.76 Å². The number of aromatic nitrogens is 1. The first-order valence-electron chi connectivity index (χ1n) is 12.0. The van der Waals surface area contributed by atoms with Crippen LogP contribution in [-0.4, -0.2) is 22.3 Å². The molecule has 1 aromatic carbocycles. The van der Waals surface area contributed by atoms with E-state index in [0.717, 1.165) is 11.3 Å². The van der Waals surface area contributed by atoms with Crippen LogP contribution in [0.1, 0.15) is 91.6 Å². The van der Waals surface area contributed by atoms with Crippen molar-refractivity contribution in [3.8, 4) is 0 Å². The van der Waals surface area contributed by atoms with Gasteiger partial charge in [0.05, 0.1) is 0 Å². The number of hydrogen-bond acceptors (Lipinski definition) is 3. The number of benzene rings is 1. The second kappa shape index (κ2) is 8.81. The second-order valence-electron chi connectivity index (χ2n) is 10.7. The van der Waals surface area contributed by atoms with Gasteiger partial charge in [-0.2, -0.15) is 0 Å². The van der Waals surface area contributed by atoms with Crippen molar-refractivity contribution >= 4 is 5.91 Å². The summed E-state index contributed by atoms with van der Waals surface area (Å²) in [6.45, 7) is 14.8.